The Hall–Kier alpha value is -1.98. The van der Waals surface area contributed by atoms with E-state index in [1.165, 1.54) is 0 Å². The van der Waals surface area contributed by atoms with Crippen LogP contribution in [0.25, 0.3) is 11.4 Å². The lowest BCUT2D eigenvalue weighted by atomic mass is 10.1. The Bertz CT molecular complexity index is 558. The fourth-order valence-electron chi connectivity index (χ4n) is 1.84. The summed E-state index contributed by atoms with van der Waals surface area (Å²) in [4.78, 5) is 8.70. The molecule has 1 heterocycles. The number of benzene rings is 1. The van der Waals surface area contributed by atoms with Crippen molar-refractivity contribution in [1.29, 1.82) is 0 Å². The summed E-state index contributed by atoms with van der Waals surface area (Å²) in [5.41, 5.74) is 8.54. The van der Waals surface area contributed by atoms with E-state index < -0.39 is 0 Å². The predicted octanol–water partition coefficient (Wildman–Crippen LogP) is 2.02. The van der Waals surface area contributed by atoms with Crippen LogP contribution in [-0.2, 0) is 22.7 Å². The zero-order valence-corrected chi connectivity index (χ0v) is 11.1. The first kappa shape index (κ1) is 13.5. The van der Waals surface area contributed by atoms with Crippen molar-refractivity contribution in [2.75, 3.05) is 20.0 Å². The number of aromatic nitrogens is 2. The predicted molar refractivity (Wildman–Crippen MR) is 73.3 cm³/mol. The summed E-state index contributed by atoms with van der Waals surface area (Å²) < 4.78 is 10.2. The van der Waals surface area contributed by atoms with Crippen molar-refractivity contribution >= 4 is 5.82 Å². The molecule has 0 spiro atoms. The van der Waals surface area contributed by atoms with Gasteiger partial charge in [-0.15, -0.1) is 0 Å². The summed E-state index contributed by atoms with van der Waals surface area (Å²) in [7, 11) is 3.29. The van der Waals surface area contributed by atoms with E-state index in [9.17, 15) is 0 Å². The highest BCUT2D eigenvalue weighted by molar-refractivity contribution is 5.58. The first-order chi connectivity index (χ1) is 9.22. The van der Waals surface area contributed by atoms with Crippen LogP contribution in [-0.4, -0.2) is 24.2 Å². The van der Waals surface area contributed by atoms with Gasteiger partial charge in [-0.25, -0.2) is 9.97 Å². The van der Waals surface area contributed by atoms with Crippen molar-refractivity contribution in [1.82, 2.24) is 9.97 Å². The fraction of sp³-hybridized carbons (Fsp3) is 0.286. The zero-order valence-electron chi connectivity index (χ0n) is 11.1. The second-order valence-corrected chi connectivity index (χ2v) is 4.17. The highest BCUT2D eigenvalue weighted by atomic mass is 16.5. The lowest BCUT2D eigenvalue weighted by Crippen LogP contribution is -2.01. The monoisotopic (exact) mass is 259 g/mol. The van der Waals surface area contributed by atoms with Crippen molar-refractivity contribution in [3.8, 4) is 11.4 Å². The van der Waals surface area contributed by atoms with Gasteiger partial charge < -0.3 is 15.2 Å². The molecule has 0 bridgehead atoms. The molecule has 19 heavy (non-hydrogen) atoms. The molecule has 2 aromatic rings. The SMILES string of the molecule is COCc1cccc(-c2nc(N)cc(COC)n2)c1. The molecule has 0 atom stereocenters. The Balaban J connectivity index is 2.37. The van der Waals surface area contributed by atoms with Gasteiger partial charge in [0.15, 0.2) is 5.82 Å². The minimum atomic E-state index is 0.414. The molecular formula is C14H17N3O2. The standard InChI is InChI=1S/C14H17N3O2/c1-18-8-10-4-3-5-11(6-10)14-16-12(9-19-2)7-13(15)17-14/h3-7H,8-9H2,1-2H3,(H2,15,16,17). The van der Waals surface area contributed by atoms with Gasteiger partial charge in [0.25, 0.3) is 0 Å². The molecule has 0 aliphatic rings. The van der Waals surface area contributed by atoms with Gasteiger partial charge >= 0.3 is 0 Å². The summed E-state index contributed by atoms with van der Waals surface area (Å²) >= 11 is 0. The normalized spacial score (nSPS) is 10.6. The average molecular weight is 259 g/mol. The molecule has 0 saturated heterocycles. The van der Waals surface area contributed by atoms with E-state index in [1.54, 1.807) is 20.3 Å². The van der Waals surface area contributed by atoms with Gasteiger partial charge in [0, 0.05) is 25.8 Å². The molecule has 0 unspecified atom stereocenters. The summed E-state index contributed by atoms with van der Waals surface area (Å²) in [6, 6.07) is 9.60. The van der Waals surface area contributed by atoms with Crippen molar-refractivity contribution in [3.05, 3.63) is 41.6 Å². The van der Waals surface area contributed by atoms with E-state index in [0.717, 1.165) is 16.8 Å². The Morgan fingerprint density at radius 3 is 2.58 bits per heavy atom. The van der Waals surface area contributed by atoms with E-state index in [1.807, 2.05) is 24.3 Å². The van der Waals surface area contributed by atoms with Crippen LogP contribution in [0.1, 0.15) is 11.3 Å². The molecule has 2 rings (SSSR count). The molecule has 0 fully saturated rings. The number of nitrogens with zero attached hydrogens (tertiary/aromatic N) is 2. The van der Waals surface area contributed by atoms with Crippen molar-refractivity contribution < 1.29 is 9.47 Å². The molecule has 100 valence electrons. The molecular weight excluding hydrogens is 242 g/mol. The lowest BCUT2D eigenvalue weighted by molar-refractivity contribution is 0.181. The van der Waals surface area contributed by atoms with E-state index in [2.05, 4.69) is 9.97 Å². The topological polar surface area (TPSA) is 70.3 Å². The number of hydrogen-bond donors (Lipinski definition) is 1. The molecule has 0 aliphatic heterocycles. The van der Waals surface area contributed by atoms with Crippen LogP contribution in [0.4, 0.5) is 5.82 Å². The minimum Gasteiger partial charge on any atom is -0.384 e. The van der Waals surface area contributed by atoms with Gasteiger partial charge in [-0.3, -0.25) is 0 Å². The molecule has 1 aromatic heterocycles. The van der Waals surface area contributed by atoms with E-state index in [0.29, 0.717) is 24.9 Å². The molecule has 0 radical (unpaired) electrons. The Morgan fingerprint density at radius 2 is 1.84 bits per heavy atom. The second kappa shape index (κ2) is 6.26. The first-order valence-corrected chi connectivity index (χ1v) is 5.93. The van der Waals surface area contributed by atoms with Gasteiger partial charge in [0.2, 0.25) is 0 Å². The molecule has 5 heteroatoms. The van der Waals surface area contributed by atoms with E-state index in [-0.39, 0.29) is 0 Å². The van der Waals surface area contributed by atoms with Crippen LogP contribution in [0.3, 0.4) is 0 Å². The van der Waals surface area contributed by atoms with Crippen molar-refractivity contribution in [2.45, 2.75) is 13.2 Å². The highest BCUT2D eigenvalue weighted by Crippen LogP contribution is 2.19. The number of hydrogen-bond acceptors (Lipinski definition) is 5. The fourth-order valence-corrected chi connectivity index (χ4v) is 1.84. The third kappa shape index (κ3) is 3.49. The maximum atomic E-state index is 5.79. The van der Waals surface area contributed by atoms with Crippen LogP contribution in [0.5, 0.6) is 0 Å². The average Bonchev–Trinajstić information content (AvgIpc) is 2.39. The lowest BCUT2D eigenvalue weighted by Gasteiger charge is -2.07. The number of anilines is 1. The quantitative estimate of drug-likeness (QED) is 0.889. The molecule has 0 amide bonds. The third-order valence-electron chi connectivity index (χ3n) is 2.59. The highest BCUT2D eigenvalue weighted by Gasteiger charge is 2.06. The van der Waals surface area contributed by atoms with Gasteiger partial charge in [0.1, 0.15) is 5.82 Å². The number of ether oxygens (including phenoxy) is 2. The smallest absolute Gasteiger partial charge is 0.161 e. The molecule has 0 aliphatic carbocycles. The van der Waals surface area contributed by atoms with Crippen LogP contribution in [0.15, 0.2) is 30.3 Å². The van der Waals surface area contributed by atoms with E-state index in [4.69, 9.17) is 15.2 Å². The van der Waals surface area contributed by atoms with Gasteiger partial charge in [-0.05, 0) is 11.6 Å². The van der Waals surface area contributed by atoms with Crippen LogP contribution >= 0.6 is 0 Å². The third-order valence-corrected chi connectivity index (χ3v) is 2.59. The molecule has 2 N–H and O–H groups in total. The molecule has 1 aromatic carbocycles. The van der Waals surface area contributed by atoms with Crippen LogP contribution in [0, 0.1) is 0 Å². The first-order valence-electron chi connectivity index (χ1n) is 5.93. The number of nitrogen functional groups attached to an aromatic ring is 1. The number of methoxy groups -OCH3 is 2. The van der Waals surface area contributed by atoms with Gasteiger partial charge in [0.05, 0.1) is 18.9 Å². The Kier molecular flexibility index (Phi) is 4.43. The zero-order chi connectivity index (χ0) is 13.7. The Labute approximate surface area is 112 Å². The van der Waals surface area contributed by atoms with E-state index >= 15 is 0 Å². The molecule has 0 saturated carbocycles. The summed E-state index contributed by atoms with van der Waals surface area (Å²) in [5, 5.41) is 0. The number of rotatable bonds is 5. The maximum Gasteiger partial charge on any atom is 0.161 e. The summed E-state index contributed by atoms with van der Waals surface area (Å²) in [6.45, 7) is 0.971. The number of nitrogens with two attached hydrogens (primary N) is 1. The minimum absolute atomic E-state index is 0.414. The van der Waals surface area contributed by atoms with Gasteiger partial charge in [-0.2, -0.15) is 0 Å². The second-order valence-electron chi connectivity index (χ2n) is 4.17. The maximum absolute atomic E-state index is 5.79. The van der Waals surface area contributed by atoms with Crippen molar-refractivity contribution in [2.24, 2.45) is 0 Å². The summed E-state index contributed by atoms with van der Waals surface area (Å²) in [6.07, 6.45) is 0. The molecule has 5 nitrogen and oxygen atoms in total. The summed E-state index contributed by atoms with van der Waals surface area (Å²) in [5.74, 6) is 1.04. The Morgan fingerprint density at radius 1 is 1.05 bits per heavy atom. The van der Waals surface area contributed by atoms with Crippen LogP contribution in [0.2, 0.25) is 0 Å². The van der Waals surface area contributed by atoms with Gasteiger partial charge in [-0.1, -0.05) is 18.2 Å². The van der Waals surface area contributed by atoms with Crippen LogP contribution < -0.4 is 5.73 Å². The largest absolute Gasteiger partial charge is 0.384 e. The van der Waals surface area contributed by atoms with Crippen molar-refractivity contribution in [3.63, 3.8) is 0 Å².